The van der Waals surface area contributed by atoms with E-state index in [2.05, 4.69) is 4.74 Å². The summed E-state index contributed by atoms with van der Waals surface area (Å²) in [6.45, 7) is 1.76. The number of Topliss-reactive ketones (excluding diaryl/α,β-unsaturated/α-hetero) is 1. The zero-order valence-electron chi connectivity index (χ0n) is 11.3. The van der Waals surface area contributed by atoms with Gasteiger partial charge in [0.1, 0.15) is 13.2 Å². The highest BCUT2D eigenvalue weighted by Gasteiger charge is 2.41. The van der Waals surface area contributed by atoms with Crippen molar-refractivity contribution in [1.29, 1.82) is 0 Å². The van der Waals surface area contributed by atoms with Crippen molar-refractivity contribution < 1.29 is 27.1 Å². The summed E-state index contributed by atoms with van der Waals surface area (Å²) in [5.74, 6) is -4.65. The lowest BCUT2D eigenvalue weighted by Gasteiger charge is -2.14. The lowest BCUT2D eigenvalue weighted by Crippen LogP contribution is -2.33. The predicted octanol–water partition coefficient (Wildman–Crippen LogP) is 3.33. The van der Waals surface area contributed by atoms with Crippen LogP contribution in [-0.4, -0.2) is 31.3 Å². The number of benzene rings is 1. The fourth-order valence-corrected chi connectivity index (χ4v) is 1.56. The normalized spacial score (nSPS) is 11.9. The molecule has 20 heavy (non-hydrogen) atoms. The molecule has 0 saturated carbocycles. The van der Waals surface area contributed by atoms with E-state index in [1.54, 1.807) is 6.07 Å². The first-order valence-corrected chi connectivity index (χ1v) is 6.04. The highest BCUT2D eigenvalue weighted by molar-refractivity contribution is 5.82. The molecule has 0 atom stereocenters. The molecule has 0 aliphatic carbocycles. The van der Waals surface area contributed by atoms with E-state index in [1.165, 1.54) is 0 Å². The molecule has 0 bridgehead atoms. The molecule has 0 spiro atoms. The van der Waals surface area contributed by atoms with Crippen LogP contribution in [0.25, 0.3) is 0 Å². The fraction of sp³-hybridized carbons (Fsp3) is 0.500. The SMILES string of the molecule is Cc1ccc(CC(=O)COCC(F)(F)C(F)F)cc1C. The van der Waals surface area contributed by atoms with Crippen LogP contribution in [0.15, 0.2) is 18.2 Å². The van der Waals surface area contributed by atoms with Crippen LogP contribution >= 0.6 is 0 Å². The second-order valence-electron chi connectivity index (χ2n) is 4.69. The summed E-state index contributed by atoms with van der Waals surface area (Å²) >= 11 is 0. The van der Waals surface area contributed by atoms with E-state index >= 15 is 0 Å². The lowest BCUT2D eigenvalue weighted by atomic mass is 10.0. The van der Waals surface area contributed by atoms with Gasteiger partial charge < -0.3 is 4.74 Å². The summed E-state index contributed by atoms with van der Waals surface area (Å²) in [6, 6.07) is 5.43. The van der Waals surface area contributed by atoms with Gasteiger partial charge in [0, 0.05) is 6.42 Å². The van der Waals surface area contributed by atoms with Gasteiger partial charge in [-0.1, -0.05) is 18.2 Å². The number of halogens is 4. The molecule has 0 aliphatic heterocycles. The Morgan fingerprint density at radius 2 is 1.90 bits per heavy atom. The topological polar surface area (TPSA) is 26.3 Å². The molecule has 1 aromatic rings. The fourth-order valence-electron chi connectivity index (χ4n) is 1.56. The third-order valence-electron chi connectivity index (χ3n) is 2.85. The summed E-state index contributed by atoms with van der Waals surface area (Å²) in [5.41, 5.74) is 2.83. The first kappa shape index (κ1) is 16.6. The zero-order valence-corrected chi connectivity index (χ0v) is 11.3. The molecule has 0 N–H and O–H groups in total. The number of aryl methyl sites for hydroxylation is 2. The molecule has 0 radical (unpaired) electrons. The van der Waals surface area contributed by atoms with Crippen molar-refractivity contribution in [2.75, 3.05) is 13.2 Å². The maximum atomic E-state index is 12.5. The zero-order chi connectivity index (χ0) is 15.3. The number of carbonyl (C=O) groups excluding carboxylic acids is 1. The molecule has 0 fully saturated rings. The van der Waals surface area contributed by atoms with E-state index in [0.717, 1.165) is 16.7 Å². The Kier molecular flexibility index (Phi) is 5.68. The van der Waals surface area contributed by atoms with Gasteiger partial charge in [-0.3, -0.25) is 4.79 Å². The Morgan fingerprint density at radius 3 is 2.45 bits per heavy atom. The Hall–Kier alpha value is -1.43. The van der Waals surface area contributed by atoms with E-state index in [0.29, 0.717) is 0 Å². The molecular formula is C14H16F4O2. The van der Waals surface area contributed by atoms with Crippen LogP contribution in [0, 0.1) is 13.8 Å². The molecule has 0 amide bonds. The van der Waals surface area contributed by atoms with Crippen molar-refractivity contribution in [2.45, 2.75) is 32.6 Å². The van der Waals surface area contributed by atoms with Crippen molar-refractivity contribution in [2.24, 2.45) is 0 Å². The molecule has 0 unspecified atom stereocenters. The molecule has 0 saturated heterocycles. The average Bonchev–Trinajstić information content (AvgIpc) is 2.33. The van der Waals surface area contributed by atoms with Gasteiger partial charge in [-0.15, -0.1) is 0 Å². The number of carbonyl (C=O) groups is 1. The molecule has 6 heteroatoms. The number of hydrogen-bond acceptors (Lipinski definition) is 2. The largest absolute Gasteiger partial charge is 0.367 e. The van der Waals surface area contributed by atoms with Crippen LogP contribution in [0.5, 0.6) is 0 Å². The Morgan fingerprint density at radius 1 is 1.25 bits per heavy atom. The first-order chi connectivity index (χ1) is 9.22. The Bertz CT molecular complexity index is 472. The number of ether oxygens (including phenoxy) is 1. The van der Waals surface area contributed by atoms with Crippen molar-refractivity contribution in [3.8, 4) is 0 Å². The van der Waals surface area contributed by atoms with Crippen LogP contribution in [0.3, 0.4) is 0 Å². The minimum absolute atomic E-state index is 0.0291. The molecule has 0 aromatic heterocycles. The van der Waals surface area contributed by atoms with Crippen LogP contribution < -0.4 is 0 Å². The molecule has 1 aromatic carbocycles. The van der Waals surface area contributed by atoms with Gasteiger partial charge in [-0.05, 0) is 30.5 Å². The van der Waals surface area contributed by atoms with Crippen molar-refractivity contribution in [3.63, 3.8) is 0 Å². The third kappa shape index (κ3) is 4.92. The molecular weight excluding hydrogens is 276 g/mol. The van der Waals surface area contributed by atoms with Crippen molar-refractivity contribution in [1.82, 2.24) is 0 Å². The van der Waals surface area contributed by atoms with Crippen LogP contribution in [0.1, 0.15) is 16.7 Å². The van der Waals surface area contributed by atoms with Crippen molar-refractivity contribution >= 4 is 5.78 Å². The number of hydrogen-bond donors (Lipinski definition) is 0. The van der Waals surface area contributed by atoms with E-state index < -0.39 is 31.3 Å². The smallest absolute Gasteiger partial charge is 0.330 e. The lowest BCUT2D eigenvalue weighted by molar-refractivity contribution is -0.168. The Labute approximate surface area is 114 Å². The number of rotatable bonds is 7. The number of ketones is 1. The standard InChI is InChI=1S/C14H16F4O2/c1-9-3-4-11(5-10(9)2)6-12(19)7-20-8-14(17,18)13(15)16/h3-5,13H,6-8H2,1-2H3. The highest BCUT2D eigenvalue weighted by Crippen LogP contribution is 2.22. The summed E-state index contributed by atoms with van der Waals surface area (Å²) in [5, 5.41) is 0. The minimum atomic E-state index is -4.22. The minimum Gasteiger partial charge on any atom is -0.367 e. The third-order valence-corrected chi connectivity index (χ3v) is 2.85. The number of alkyl halides is 4. The highest BCUT2D eigenvalue weighted by atomic mass is 19.3. The van der Waals surface area contributed by atoms with Gasteiger partial charge in [-0.25, -0.2) is 8.78 Å². The summed E-state index contributed by atoms with van der Waals surface area (Å²) in [7, 11) is 0. The van der Waals surface area contributed by atoms with Gasteiger partial charge in [0.2, 0.25) is 0 Å². The van der Waals surface area contributed by atoms with E-state index in [4.69, 9.17) is 0 Å². The average molecular weight is 292 g/mol. The molecule has 0 heterocycles. The second kappa shape index (κ2) is 6.83. The summed E-state index contributed by atoms with van der Waals surface area (Å²) < 4.78 is 53.1. The van der Waals surface area contributed by atoms with Crippen LogP contribution in [0.4, 0.5) is 17.6 Å². The van der Waals surface area contributed by atoms with Crippen LogP contribution in [0.2, 0.25) is 0 Å². The maximum absolute atomic E-state index is 12.5. The Balaban J connectivity index is 2.43. The van der Waals surface area contributed by atoms with E-state index in [-0.39, 0.29) is 6.42 Å². The van der Waals surface area contributed by atoms with Gasteiger partial charge in [0.05, 0.1) is 0 Å². The molecule has 112 valence electrons. The molecule has 1 rings (SSSR count). The second-order valence-corrected chi connectivity index (χ2v) is 4.69. The molecule has 2 nitrogen and oxygen atoms in total. The summed E-state index contributed by atoms with van der Waals surface area (Å²) in [4.78, 5) is 11.5. The van der Waals surface area contributed by atoms with E-state index in [9.17, 15) is 22.4 Å². The molecule has 0 aliphatic rings. The predicted molar refractivity (Wildman–Crippen MR) is 66.4 cm³/mol. The van der Waals surface area contributed by atoms with Crippen molar-refractivity contribution in [3.05, 3.63) is 34.9 Å². The van der Waals surface area contributed by atoms with Gasteiger partial charge >= 0.3 is 12.3 Å². The monoisotopic (exact) mass is 292 g/mol. The summed E-state index contributed by atoms with van der Waals surface area (Å²) in [6.07, 6.45) is -3.76. The van der Waals surface area contributed by atoms with Gasteiger partial charge in [0.15, 0.2) is 5.78 Å². The maximum Gasteiger partial charge on any atom is 0.330 e. The van der Waals surface area contributed by atoms with Gasteiger partial charge in [0.25, 0.3) is 0 Å². The first-order valence-electron chi connectivity index (χ1n) is 6.04. The van der Waals surface area contributed by atoms with Gasteiger partial charge in [-0.2, -0.15) is 8.78 Å². The van der Waals surface area contributed by atoms with E-state index in [1.807, 2.05) is 26.0 Å². The quantitative estimate of drug-likeness (QED) is 0.721. The van der Waals surface area contributed by atoms with Crippen LogP contribution in [-0.2, 0) is 16.0 Å².